The molecule has 0 bridgehead atoms. The molecule has 1 aromatic carbocycles. The van der Waals surface area contributed by atoms with Crippen molar-refractivity contribution in [2.75, 3.05) is 0 Å². The standard InChI is InChI=1S/C19H26N2O4/c1-12(16(22)20-18(24)21-19(2,3)4)25-17(23)15-10-9-13-7-5-6-8-14(13)11-15/h9-12H,5-8H2,1-4H3,(H2,20,21,22,24)/t12-/m0/s1. The van der Waals surface area contributed by atoms with Crippen molar-refractivity contribution < 1.29 is 19.1 Å². The lowest BCUT2D eigenvalue weighted by Gasteiger charge is -2.21. The maximum atomic E-state index is 12.3. The number of carbonyl (C=O) groups is 3. The summed E-state index contributed by atoms with van der Waals surface area (Å²) < 4.78 is 5.19. The van der Waals surface area contributed by atoms with Crippen LogP contribution in [-0.4, -0.2) is 29.6 Å². The molecule has 1 aliphatic carbocycles. The van der Waals surface area contributed by atoms with E-state index in [2.05, 4.69) is 10.6 Å². The van der Waals surface area contributed by atoms with Crippen LogP contribution in [0.1, 0.15) is 62.0 Å². The Labute approximate surface area is 148 Å². The molecule has 0 heterocycles. The van der Waals surface area contributed by atoms with Gasteiger partial charge in [-0.05, 0) is 76.6 Å². The Kier molecular flexibility index (Phi) is 5.82. The second-order valence-electron chi connectivity index (χ2n) is 7.43. The van der Waals surface area contributed by atoms with Crippen molar-refractivity contribution in [3.63, 3.8) is 0 Å². The summed E-state index contributed by atoms with van der Waals surface area (Å²) in [6.45, 7) is 6.85. The third kappa shape index (κ3) is 5.59. The first kappa shape index (κ1) is 19.0. The first-order valence-corrected chi connectivity index (χ1v) is 8.61. The summed E-state index contributed by atoms with van der Waals surface area (Å²) in [5, 5.41) is 4.79. The van der Waals surface area contributed by atoms with E-state index in [0.29, 0.717) is 5.56 Å². The number of hydrogen-bond donors (Lipinski definition) is 2. The maximum Gasteiger partial charge on any atom is 0.338 e. The molecule has 0 aliphatic heterocycles. The van der Waals surface area contributed by atoms with E-state index in [1.54, 1.807) is 26.8 Å². The Morgan fingerprint density at radius 1 is 1.08 bits per heavy atom. The Bertz CT molecular complexity index is 676. The van der Waals surface area contributed by atoms with E-state index >= 15 is 0 Å². The van der Waals surface area contributed by atoms with Gasteiger partial charge in [0.05, 0.1) is 5.56 Å². The van der Waals surface area contributed by atoms with Crippen LogP contribution in [0, 0.1) is 0 Å². The number of imide groups is 1. The molecule has 6 heteroatoms. The molecule has 0 radical (unpaired) electrons. The topological polar surface area (TPSA) is 84.5 Å². The highest BCUT2D eigenvalue weighted by Gasteiger charge is 2.23. The molecule has 0 spiro atoms. The summed E-state index contributed by atoms with van der Waals surface area (Å²) in [6.07, 6.45) is 3.22. The lowest BCUT2D eigenvalue weighted by atomic mass is 9.90. The zero-order valence-electron chi connectivity index (χ0n) is 15.3. The first-order valence-electron chi connectivity index (χ1n) is 8.61. The molecule has 2 N–H and O–H groups in total. The summed E-state index contributed by atoms with van der Waals surface area (Å²) in [5.41, 5.74) is 2.40. The van der Waals surface area contributed by atoms with Crippen LogP contribution in [0.25, 0.3) is 0 Å². The van der Waals surface area contributed by atoms with Crippen molar-refractivity contribution in [3.05, 3.63) is 34.9 Å². The predicted molar refractivity (Wildman–Crippen MR) is 94.4 cm³/mol. The largest absolute Gasteiger partial charge is 0.449 e. The fourth-order valence-corrected chi connectivity index (χ4v) is 2.73. The van der Waals surface area contributed by atoms with Gasteiger partial charge in [-0.1, -0.05) is 6.07 Å². The van der Waals surface area contributed by atoms with Crippen molar-refractivity contribution in [2.45, 2.75) is 65.0 Å². The highest BCUT2D eigenvalue weighted by Crippen LogP contribution is 2.22. The smallest absolute Gasteiger partial charge is 0.338 e. The summed E-state index contributed by atoms with van der Waals surface area (Å²) >= 11 is 0. The molecule has 3 amide bonds. The number of carbonyl (C=O) groups excluding carboxylic acids is 3. The van der Waals surface area contributed by atoms with Gasteiger partial charge in [0.25, 0.3) is 5.91 Å². The van der Waals surface area contributed by atoms with Gasteiger partial charge in [-0.2, -0.15) is 0 Å². The van der Waals surface area contributed by atoms with Crippen LogP contribution in [-0.2, 0) is 22.4 Å². The second kappa shape index (κ2) is 7.68. The molecule has 25 heavy (non-hydrogen) atoms. The molecule has 0 aromatic heterocycles. The third-order valence-electron chi connectivity index (χ3n) is 3.96. The summed E-state index contributed by atoms with van der Waals surface area (Å²) in [5.74, 6) is -1.22. The number of hydrogen-bond acceptors (Lipinski definition) is 4. The van der Waals surface area contributed by atoms with E-state index in [0.717, 1.165) is 19.3 Å². The number of urea groups is 1. The minimum atomic E-state index is -1.06. The number of aryl methyl sites for hydroxylation is 2. The van der Waals surface area contributed by atoms with Gasteiger partial charge in [0.15, 0.2) is 6.10 Å². The van der Waals surface area contributed by atoms with E-state index in [9.17, 15) is 14.4 Å². The van der Waals surface area contributed by atoms with Crippen molar-refractivity contribution in [1.82, 2.24) is 10.6 Å². The lowest BCUT2D eigenvalue weighted by Crippen LogP contribution is -2.50. The minimum Gasteiger partial charge on any atom is -0.449 e. The van der Waals surface area contributed by atoms with Crippen molar-refractivity contribution in [1.29, 1.82) is 0 Å². The van der Waals surface area contributed by atoms with Crippen LogP contribution in [0.4, 0.5) is 4.79 Å². The molecular weight excluding hydrogens is 320 g/mol. The number of rotatable bonds is 3. The van der Waals surface area contributed by atoms with Gasteiger partial charge < -0.3 is 10.1 Å². The molecule has 1 aliphatic rings. The summed E-state index contributed by atoms with van der Waals surface area (Å²) in [4.78, 5) is 36.0. The first-order chi connectivity index (χ1) is 11.7. The van der Waals surface area contributed by atoms with Crippen LogP contribution in [0.15, 0.2) is 18.2 Å². The van der Waals surface area contributed by atoms with E-state index in [1.807, 2.05) is 12.1 Å². The molecule has 1 atom stereocenters. The monoisotopic (exact) mass is 346 g/mol. The molecule has 136 valence electrons. The van der Waals surface area contributed by atoms with E-state index in [4.69, 9.17) is 4.74 Å². The highest BCUT2D eigenvalue weighted by atomic mass is 16.5. The molecular formula is C19H26N2O4. The van der Waals surface area contributed by atoms with Gasteiger partial charge in [0.2, 0.25) is 0 Å². The van der Waals surface area contributed by atoms with Gasteiger partial charge in [0.1, 0.15) is 0 Å². The van der Waals surface area contributed by atoms with Gasteiger partial charge in [-0.3, -0.25) is 10.1 Å². The Morgan fingerprint density at radius 2 is 1.72 bits per heavy atom. The number of ether oxygens (including phenoxy) is 1. The van der Waals surface area contributed by atoms with Crippen molar-refractivity contribution in [3.8, 4) is 0 Å². The molecule has 0 saturated heterocycles. The molecule has 1 aromatic rings. The third-order valence-corrected chi connectivity index (χ3v) is 3.96. The molecule has 2 rings (SSSR count). The normalized spacial score (nSPS) is 14.9. The fraction of sp³-hybridized carbons (Fsp3) is 0.526. The average Bonchev–Trinajstić information content (AvgIpc) is 2.52. The van der Waals surface area contributed by atoms with Crippen molar-refractivity contribution >= 4 is 17.9 Å². The van der Waals surface area contributed by atoms with E-state index < -0.39 is 29.6 Å². The van der Waals surface area contributed by atoms with E-state index in [-0.39, 0.29) is 0 Å². The zero-order valence-corrected chi connectivity index (χ0v) is 15.3. The molecule has 6 nitrogen and oxygen atoms in total. The second-order valence-corrected chi connectivity index (χ2v) is 7.43. The van der Waals surface area contributed by atoms with Crippen LogP contribution in [0.5, 0.6) is 0 Å². The Hall–Kier alpha value is -2.37. The van der Waals surface area contributed by atoms with Crippen LogP contribution in [0.3, 0.4) is 0 Å². The highest BCUT2D eigenvalue weighted by molar-refractivity contribution is 5.98. The minimum absolute atomic E-state index is 0.430. The lowest BCUT2D eigenvalue weighted by molar-refractivity contribution is -0.127. The SMILES string of the molecule is C[C@H](OC(=O)c1ccc2c(c1)CCCC2)C(=O)NC(=O)NC(C)(C)C. The van der Waals surface area contributed by atoms with Crippen LogP contribution < -0.4 is 10.6 Å². The zero-order chi connectivity index (χ0) is 18.6. The predicted octanol–water partition coefficient (Wildman–Crippen LogP) is 2.74. The van der Waals surface area contributed by atoms with E-state index in [1.165, 1.54) is 24.5 Å². The maximum absolute atomic E-state index is 12.3. The summed E-state index contributed by atoms with van der Waals surface area (Å²) in [7, 11) is 0. The molecule has 0 fully saturated rings. The molecule has 0 saturated carbocycles. The molecule has 0 unspecified atom stereocenters. The Balaban J connectivity index is 1.93. The number of nitrogens with one attached hydrogen (secondary N) is 2. The summed E-state index contributed by atoms with van der Waals surface area (Å²) in [6, 6.07) is 4.90. The van der Waals surface area contributed by atoms with Crippen LogP contribution in [0.2, 0.25) is 0 Å². The van der Waals surface area contributed by atoms with Crippen LogP contribution >= 0.6 is 0 Å². The Morgan fingerprint density at radius 3 is 2.36 bits per heavy atom. The van der Waals surface area contributed by atoms with Gasteiger partial charge in [-0.15, -0.1) is 0 Å². The quantitative estimate of drug-likeness (QED) is 0.824. The van der Waals surface area contributed by atoms with Gasteiger partial charge >= 0.3 is 12.0 Å². The van der Waals surface area contributed by atoms with Crippen molar-refractivity contribution in [2.24, 2.45) is 0 Å². The van der Waals surface area contributed by atoms with Gasteiger partial charge in [-0.25, -0.2) is 9.59 Å². The number of amides is 3. The average molecular weight is 346 g/mol. The van der Waals surface area contributed by atoms with Gasteiger partial charge in [0, 0.05) is 5.54 Å². The number of fused-ring (bicyclic) bond motifs is 1. The fourth-order valence-electron chi connectivity index (χ4n) is 2.73. The number of benzene rings is 1. The number of esters is 1.